The lowest BCUT2D eigenvalue weighted by Gasteiger charge is -2.36. The van der Waals surface area contributed by atoms with Gasteiger partial charge in [-0.2, -0.15) is 13.2 Å². The molecule has 0 aliphatic carbocycles. The number of unbranched alkanes of at least 4 members (excludes halogenated alkanes) is 1. The van der Waals surface area contributed by atoms with Gasteiger partial charge in [0.15, 0.2) is 0 Å². The van der Waals surface area contributed by atoms with Crippen LogP contribution < -0.4 is 9.62 Å². The van der Waals surface area contributed by atoms with Crippen molar-refractivity contribution in [3.63, 3.8) is 0 Å². The Hall–Kier alpha value is -3.33. The molecule has 0 bridgehead atoms. The normalized spacial score (nSPS) is 14.9. The van der Waals surface area contributed by atoms with Gasteiger partial charge in [0, 0.05) is 43.1 Å². The Labute approximate surface area is 224 Å². The van der Waals surface area contributed by atoms with E-state index in [4.69, 9.17) is 0 Å². The van der Waals surface area contributed by atoms with Crippen molar-refractivity contribution in [3.8, 4) is 0 Å². The van der Waals surface area contributed by atoms with Gasteiger partial charge in [-0.1, -0.05) is 37.6 Å². The average Bonchev–Trinajstić information content (AvgIpc) is 2.92. The number of benzene rings is 3. The lowest BCUT2D eigenvalue weighted by molar-refractivity contribution is -0.137. The largest absolute Gasteiger partial charge is 0.416 e. The minimum atomic E-state index is -4.40. The van der Waals surface area contributed by atoms with E-state index in [0.717, 1.165) is 42.6 Å². The molecule has 1 N–H and O–H groups in total. The van der Waals surface area contributed by atoms with Crippen LogP contribution in [0.3, 0.4) is 0 Å². The number of nitrogens with zero attached hydrogens (tertiary/aromatic N) is 2. The number of rotatable bonds is 8. The first-order valence-corrected chi connectivity index (χ1v) is 13.9. The van der Waals surface area contributed by atoms with Crippen LogP contribution in [0.5, 0.6) is 0 Å². The summed E-state index contributed by atoms with van der Waals surface area (Å²) in [6, 6.07) is 18.3. The molecule has 0 aromatic heterocycles. The van der Waals surface area contributed by atoms with E-state index in [1.54, 1.807) is 29.2 Å². The zero-order valence-electron chi connectivity index (χ0n) is 21.6. The van der Waals surface area contributed by atoms with Gasteiger partial charge in [-0.25, -0.2) is 4.21 Å². The summed E-state index contributed by atoms with van der Waals surface area (Å²) < 4.78 is 55.3. The van der Waals surface area contributed by atoms with E-state index in [1.807, 2.05) is 36.1 Å². The van der Waals surface area contributed by atoms with Gasteiger partial charge in [0.2, 0.25) is 0 Å². The molecule has 3 aromatic carbocycles. The van der Waals surface area contributed by atoms with Gasteiger partial charge in [-0.3, -0.25) is 4.79 Å². The topological polar surface area (TPSA) is 52.7 Å². The van der Waals surface area contributed by atoms with Crippen LogP contribution in [0.25, 0.3) is 0 Å². The second kappa shape index (κ2) is 12.0. The molecule has 0 saturated carbocycles. The van der Waals surface area contributed by atoms with E-state index in [1.165, 1.54) is 11.6 Å². The summed E-state index contributed by atoms with van der Waals surface area (Å²) in [5.41, 5.74) is 3.03. The quantitative estimate of drug-likeness (QED) is 0.355. The second-order valence-corrected chi connectivity index (χ2v) is 10.7. The van der Waals surface area contributed by atoms with Gasteiger partial charge in [0.05, 0.1) is 10.5 Å². The monoisotopic (exact) mass is 543 g/mol. The summed E-state index contributed by atoms with van der Waals surface area (Å²) in [5, 5.41) is 0. The number of carbonyl (C=O) groups excluding carboxylic acids is 1. The van der Waals surface area contributed by atoms with Crippen molar-refractivity contribution >= 4 is 28.3 Å². The molecule has 4 rings (SSSR count). The summed E-state index contributed by atoms with van der Waals surface area (Å²) in [7, 11) is -1.55. The third-order valence-electron chi connectivity index (χ3n) is 6.74. The van der Waals surface area contributed by atoms with Gasteiger partial charge in [-0.15, -0.1) is 0 Å². The van der Waals surface area contributed by atoms with Crippen molar-refractivity contribution in [2.45, 2.75) is 44.2 Å². The van der Waals surface area contributed by atoms with Crippen LogP contribution in [0.4, 0.5) is 24.5 Å². The molecule has 0 radical (unpaired) electrons. The van der Waals surface area contributed by atoms with E-state index < -0.39 is 22.7 Å². The third-order valence-corrected chi connectivity index (χ3v) is 7.85. The minimum Gasteiger partial charge on any atom is -0.368 e. The maximum Gasteiger partial charge on any atom is 0.416 e. The molecule has 1 amide bonds. The fraction of sp³-hybridized carbons (Fsp3) is 0.345. The van der Waals surface area contributed by atoms with E-state index in [2.05, 4.69) is 11.6 Å². The maximum absolute atomic E-state index is 13.3. The molecule has 38 heavy (non-hydrogen) atoms. The molecule has 1 saturated heterocycles. The third kappa shape index (κ3) is 6.75. The van der Waals surface area contributed by atoms with Crippen LogP contribution in [0, 0.1) is 6.92 Å². The Morgan fingerprint density at radius 3 is 2.34 bits per heavy atom. The predicted octanol–water partition coefficient (Wildman–Crippen LogP) is 6.45. The fourth-order valence-corrected chi connectivity index (χ4v) is 5.33. The van der Waals surface area contributed by atoms with Crippen LogP contribution in [0.2, 0.25) is 0 Å². The first-order chi connectivity index (χ1) is 18.2. The van der Waals surface area contributed by atoms with Gasteiger partial charge < -0.3 is 14.5 Å². The zero-order valence-corrected chi connectivity index (χ0v) is 22.4. The van der Waals surface area contributed by atoms with Crippen molar-refractivity contribution in [1.82, 2.24) is 4.90 Å². The van der Waals surface area contributed by atoms with Crippen LogP contribution in [-0.2, 0) is 23.6 Å². The number of halogens is 3. The van der Waals surface area contributed by atoms with E-state index in [0.29, 0.717) is 42.3 Å². The summed E-state index contributed by atoms with van der Waals surface area (Å²) in [6.45, 7) is 5.59. The molecule has 1 heterocycles. The molecule has 3 aromatic rings. The molecule has 9 heteroatoms. The molecular formula is C29H32F3N3O2S. The maximum atomic E-state index is 13.3. The molecule has 1 fully saturated rings. The highest BCUT2D eigenvalue weighted by Gasteiger charge is 2.31. The molecule has 1 aliphatic rings. The highest BCUT2D eigenvalue weighted by Crippen LogP contribution is 2.32. The number of hydrogen-bond acceptors (Lipinski definition) is 3. The number of anilines is 2. The number of aryl methyl sites for hydroxylation is 2. The highest BCUT2D eigenvalue weighted by molar-refractivity contribution is 7.86. The van der Waals surface area contributed by atoms with E-state index in [-0.39, 0.29) is 5.91 Å². The van der Waals surface area contributed by atoms with Gasteiger partial charge in [0.25, 0.3) is 5.91 Å². The van der Waals surface area contributed by atoms with Gasteiger partial charge in [0.1, 0.15) is 11.0 Å². The minimum absolute atomic E-state index is 0.176. The highest BCUT2D eigenvalue weighted by atomic mass is 32.2. The van der Waals surface area contributed by atoms with Crippen molar-refractivity contribution < 1.29 is 22.2 Å². The molecule has 1 atom stereocenters. The fourth-order valence-electron chi connectivity index (χ4n) is 4.45. The van der Waals surface area contributed by atoms with Crippen molar-refractivity contribution in [2.75, 3.05) is 35.8 Å². The van der Waals surface area contributed by atoms with Crippen molar-refractivity contribution in [1.29, 1.82) is 0 Å². The Balaban J connectivity index is 1.40. The van der Waals surface area contributed by atoms with Gasteiger partial charge in [-0.05, 0) is 73.4 Å². The summed E-state index contributed by atoms with van der Waals surface area (Å²) >= 11 is 0. The Bertz CT molecular complexity index is 1290. The smallest absolute Gasteiger partial charge is 0.368 e. The Kier molecular flexibility index (Phi) is 8.76. The Morgan fingerprint density at radius 1 is 0.974 bits per heavy atom. The predicted molar refractivity (Wildman–Crippen MR) is 146 cm³/mol. The van der Waals surface area contributed by atoms with Crippen LogP contribution in [0.15, 0.2) is 71.6 Å². The van der Waals surface area contributed by atoms with Crippen molar-refractivity contribution in [3.05, 3.63) is 89.0 Å². The second-order valence-electron chi connectivity index (χ2n) is 9.48. The SMILES string of the molecule is CCCCc1ccc(NS(=O)c2ccc(C)c(C(=O)N3CCN(c4cccc(C(F)(F)F)c4)CC3)c2)cc1. The number of alkyl halides is 3. The summed E-state index contributed by atoms with van der Waals surface area (Å²) in [6.07, 6.45) is -1.13. The first-order valence-electron chi connectivity index (χ1n) is 12.7. The molecule has 0 spiro atoms. The van der Waals surface area contributed by atoms with Crippen LogP contribution in [0.1, 0.15) is 46.8 Å². The number of hydrogen-bond donors (Lipinski definition) is 1. The van der Waals surface area contributed by atoms with Gasteiger partial charge >= 0.3 is 6.18 Å². The summed E-state index contributed by atoms with van der Waals surface area (Å²) in [5.74, 6) is -0.176. The molecule has 5 nitrogen and oxygen atoms in total. The Morgan fingerprint density at radius 2 is 1.68 bits per heavy atom. The van der Waals surface area contributed by atoms with Crippen LogP contribution >= 0.6 is 0 Å². The molecule has 202 valence electrons. The molecule has 1 aliphatic heterocycles. The first kappa shape index (κ1) is 27.7. The lowest BCUT2D eigenvalue weighted by atomic mass is 10.1. The zero-order chi connectivity index (χ0) is 27.3. The number of nitrogens with one attached hydrogen (secondary N) is 1. The lowest BCUT2D eigenvalue weighted by Crippen LogP contribution is -2.49. The standard InChI is InChI=1S/C29H32F3N3O2S/c1-3-4-6-22-10-12-24(13-11-22)33-38(37)26-14-9-21(2)27(20-26)28(36)35-17-15-34(16-18-35)25-8-5-7-23(19-25)29(30,31)32/h5,7-14,19-20,33H,3-4,6,15-18H2,1-2H3. The number of amides is 1. The van der Waals surface area contributed by atoms with Crippen molar-refractivity contribution in [2.24, 2.45) is 0 Å². The van der Waals surface area contributed by atoms with E-state index in [9.17, 15) is 22.2 Å². The van der Waals surface area contributed by atoms with Crippen LogP contribution in [-0.4, -0.2) is 41.2 Å². The average molecular weight is 544 g/mol. The number of carbonyl (C=O) groups is 1. The number of piperazine rings is 1. The van der Waals surface area contributed by atoms with E-state index >= 15 is 0 Å². The molecular weight excluding hydrogens is 511 g/mol. The molecule has 1 unspecified atom stereocenters. The summed E-state index contributed by atoms with van der Waals surface area (Å²) in [4.78, 5) is 17.4.